The minimum atomic E-state index is -2.94. The van der Waals surface area contributed by atoms with Gasteiger partial charge in [0, 0.05) is 14.2 Å². The minimum Gasteiger partial charge on any atom is -0.479 e. The molecule has 3 rings (SSSR count). The summed E-state index contributed by atoms with van der Waals surface area (Å²) < 4.78 is 57.4. The maximum atomic E-state index is 11.3. The van der Waals surface area contributed by atoms with Crippen LogP contribution in [0.4, 0.5) is 5.95 Å². The molecule has 10 heteroatoms. The zero-order valence-electron chi connectivity index (χ0n) is 19.4. The highest BCUT2D eigenvalue weighted by molar-refractivity contribution is 5.78. The lowest BCUT2D eigenvalue weighted by molar-refractivity contribution is -0.133. The summed E-state index contributed by atoms with van der Waals surface area (Å²) in [5.74, 6) is -0.0940. The standard InChI is InChI=1S/C16H25N5O5/c1-7(23-4)11-16(3,25-6)10(22)14(26-11)21-8(2)18-9-12(21)19-15(17)20-13(9)24-5/h7,10-11,14,22H,1-6H3,(H2,17,19,20)/t7?,10-,11-,14-,16+/m1/s1/i7D,10D,11D,14D. The second-order valence-electron chi connectivity index (χ2n) is 5.84. The quantitative estimate of drug-likeness (QED) is 0.769. The topological polar surface area (TPSA) is 127 Å². The van der Waals surface area contributed by atoms with Gasteiger partial charge in [-0.2, -0.15) is 9.97 Å². The van der Waals surface area contributed by atoms with Crippen molar-refractivity contribution < 1.29 is 29.5 Å². The molecule has 0 radical (unpaired) electrons. The monoisotopic (exact) mass is 371 g/mol. The Kier molecular flexibility index (Phi) is 3.59. The van der Waals surface area contributed by atoms with Crippen molar-refractivity contribution in [3.05, 3.63) is 5.82 Å². The summed E-state index contributed by atoms with van der Waals surface area (Å²) in [6, 6.07) is 0. The molecule has 1 aliphatic rings. The summed E-state index contributed by atoms with van der Waals surface area (Å²) in [5, 5.41) is 11.3. The van der Waals surface area contributed by atoms with Crippen molar-refractivity contribution in [2.45, 2.75) is 50.8 Å². The van der Waals surface area contributed by atoms with Gasteiger partial charge in [-0.3, -0.25) is 4.57 Å². The summed E-state index contributed by atoms with van der Waals surface area (Å²) in [7, 11) is 3.66. The third-order valence-electron chi connectivity index (χ3n) is 4.38. The number of hydrogen-bond donors (Lipinski definition) is 2. The molecule has 1 saturated heterocycles. The van der Waals surface area contributed by atoms with Gasteiger partial charge >= 0.3 is 0 Å². The Hall–Kier alpha value is -2.01. The Morgan fingerprint density at radius 1 is 1.38 bits per heavy atom. The number of ether oxygens (including phenoxy) is 4. The number of rotatable bonds is 5. The van der Waals surface area contributed by atoms with E-state index in [2.05, 4.69) is 15.0 Å². The molecule has 1 fully saturated rings. The molecule has 1 unspecified atom stereocenters. The summed E-state index contributed by atoms with van der Waals surface area (Å²) in [5.41, 5.74) is 3.57. The Labute approximate surface area is 156 Å². The summed E-state index contributed by atoms with van der Waals surface area (Å²) in [6.45, 7) is 3.89. The van der Waals surface area contributed by atoms with E-state index in [1.165, 1.54) is 35.0 Å². The van der Waals surface area contributed by atoms with Crippen molar-refractivity contribution in [2.75, 3.05) is 27.1 Å². The molecule has 3 N–H and O–H groups in total. The number of imidazole rings is 1. The average molecular weight is 371 g/mol. The van der Waals surface area contributed by atoms with E-state index in [4.69, 9.17) is 30.2 Å². The van der Waals surface area contributed by atoms with E-state index in [-0.39, 0.29) is 28.8 Å². The maximum Gasteiger partial charge on any atom is 0.246 e. The van der Waals surface area contributed by atoms with Gasteiger partial charge in [-0.05, 0) is 20.8 Å². The maximum absolute atomic E-state index is 11.3. The van der Waals surface area contributed by atoms with Gasteiger partial charge in [-0.1, -0.05) is 0 Å². The molecule has 0 saturated carbocycles. The number of fused-ring (bicyclic) bond motifs is 1. The van der Waals surface area contributed by atoms with Gasteiger partial charge in [0.1, 0.15) is 23.6 Å². The first-order valence-electron chi connectivity index (χ1n) is 9.77. The predicted molar refractivity (Wildman–Crippen MR) is 92.8 cm³/mol. The van der Waals surface area contributed by atoms with Crippen molar-refractivity contribution in [3.63, 3.8) is 0 Å². The van der Waals surface area contributed by atoms with Gasteiger partial charge < -0.3 is 29.8 Å². The number of aliphatic hydroxyl groups is 1. The third-order valence-corrected chi connectivity index (χ3v) is 4.38. The number of nitrogens with two attached hydrogens (primary N) is 1. The molecule has 10 nitrogen and oxygen atoms in total. The molecule has 0 aromatic carbocycles. The molecular weight excluding hydrogens is 342 g/mol. The summed E-state index contributed by atoms with van der Waals surface area (Å²) in [4.78, 5) is 12.3. The van der Waals surface area contributed by atoms with Crippen LogP contribution in [0.5, 0.6) is 5.88 Å². The van der Waals surface area contributed by atoms with Crippen LogP contribution in [-0.2, 0) is 14.2 Å². The van der Waals surface area contributed by atoms with Crippen LogP contribution in [0.1, 0.15) is 31.4 Å². The zero-order chi connectivity index (χ0) is 22.9. The highest BCUT2D eigenvalue weighted by Gasteiger charge is 2.57. The Bertz CT molecular complexity index is 1000. The van der Waals surface area contributed by atoms with Gasteiger partial charge in [0.15, 0.2) is 17.4 Å². The molecule has 2 aromatic heterocycles. The van der Waals surface area contributed by atoms with E-state index in [1.54, 1.807) is 0 Å². The molecule has 144 valence electrons. The third kappa shape index (κ3) is 2.60. The molecule has 0 bridgehead atoms. The molecule has 0 amide bonds. The summed E-state index contributed by atoms with van der Waals surface area (Å²) >= 11 is 0. The van der Waals surface area contributed by atoms with E-state index in [0.717, 1.165) is 11.7 Å². The van der Waals surface area contributed by atoms with Crippen molar-refractivity contribution in [1.29, 1.82) is 0 Å². The van der Waals surface area contributed by atoms with Crippen LogP contribution in [-0.4, -0.2) is 69.8 Å². The highest BCUT2D eigenvalue weighted by atomic mass is 16.6. The van der Waals surface area contributed by atoms with E-state index < -0.39 is 30.0 Å². The largest absolute Gasteiger partial charge is 0.479 e. The first kappa shape index (κ1) is 14.1. The molecule has 1 aliphatic heterocycles. The lowest BCUT2D eigenvalue weighted by Gasteiger charge is -2.33. The fourth-order valence-electron chi connectivity index (χ4n) is 2.84. The number of aromatic nitrogens is 4. The summed E-state index contributed by atoms with van der Waals surface area (Å²) in [6.07, 6.45) is -10.4. The molecule has 2 aromatic rings. The van der Waals surface area contributed by atoms with E-state index in [1.807, 2.05) is 0 Å². The number of nitrogens with zero attached hydrogens (tertiary/aromatic N) is 4. The first-order chi connectivity index (χ1) is 13.7. The number of anilines is 1. The van der Waals surface area contributed by atoms with E-state index >= 15 is 0 Å². The van der Waals surface area contributed by atoms with Crippen LogP contribution < -0.4 is 10.5 Å². The molecule has 5 atom stereocenters. The smallest absolute Gasteiger partial charge is 0.246 e. The molecular formula is C16H25N5O5. The molecule has 3 heterocycles. The Morgan fingerprint density at radius 3 is 2.65 bits per heavy atom. The zero-order valence-corrected chi connectivity index (χ0v) is 15.4. The van der Waals surface area contributed by atoms with Gasteiger partial charge in [0.25, 0.3) is 0 Å². The second kappa shape index (κ2) is 6.62. The van der Waals surface area contributed by atoms with Gasteiger partial charge in [0.05, 0.1) is 18.7 Å². The second-order valence-corrected chi connectivity index (χ2v) is 5.84. The number of nitrogen functional groups attached to an aromatic ring is 1. The van der Waals surface area contributed by atoms with Crippen molar-refractivity contribution in [2.24, 2.45) is 0 Å². The van der Waals surface area contributed by atoms with Gasteiger partial charge in [-0.25, -0.2) is 4.98 Å². The van der Waals surface area contributed by atoms with Crippen LogP contribution >= 0.6 is 0 Å². The van der Waals surface area contributed by atoms with Crippen LogP contribution in [0.3, 0.4) is 0 Å². The SMILES string of the molecule is [2H]C(C)(OC)[C@@]1([2H])O[C@@]([2H])(n2c(C)nc3c(OC)nc(N)nc32)[C@@]([2H])(O)[C@]1(C)OC. The lowest BCUT2D eigenvalue weighted by atomic mass is 9.91. The van der Waals surface area contributed by atoms with Crippen LogP contribution in [0, 0.1) is 6.92 Å². The fraction of sp³-hybridized carbons (Fsp3) is 0.688. The highest BCUT2D eigenvalue weighted by Crippen LogP contribution is 2.43. The van der Waals surface area contributed by atoms with Crippen molar-refractivity contribution >= 4 is 17.1 Å². The molecule has 0 spiro atoms. The van der Waals surface area contributed by atoms with E-state index in [0.29, 0.717) is 0 Å². The fourth-order valence-corrected chi connectivity index (χ4v) is 2.84. The molecule has 26 heavy (non-hydrogen) atoms. The average Bonchev–Trinajstić information content (AvgIpc) is 3.06. The minimum absolute atomic E-state index is 0.0170. The first-order valence-corrected chi connectivity index (χ1v) is 7.77. The van der Waals surface area contributed by atoms with Crippen LogP contribution in [0.15, 0.2) is 0 Å². The molecule has 0 aliphatic carbocycles. The normalized spacial score (nSPS) is 42.0. The Balaban J connectivity index is 2.39. The van der Waals surface area contributed by atoms with Crippen molar-refractivity contribution in [1.82, 2.24) is 19.5 Å². The van der Waals surface area contributed by atoms with Gasteiger partial charge in [-0.15, -0.1) is 0 Å². The predicted octanol–water partition coefficient (Wildman–Crippen LogP) is 0.424. The van der Waals surface area contributed by atoms with E-state index in [9.17, 15) is 5.11 Å². The number of aryl methyl sites for hydroxylation is 1. The van der Waals surface area contributed by atoms with Crippen molar-refractivity contribution in [3.8, 4) is 5.88 Å². The number of methoxy groups -OCH3 is 3. The Morgan fingerprint density at radius 2 is 2.08 bits per heavy atom. The van der Waals surface area contributed by atoms with Crippen LogP contribution in [0.25, 0.3) is 11.2 Å². The van der Waals surface area contributed by atoms with Gasteiger partial charge in [0.2, 0.25) is 11.8 Å². The van der Waals surface area contributed by atoms with Crippen LogP contribution in [0.2, 0.25) is 0 Å². The number of hydrogen-bond acceptors (Lipinski definition) is 9. The lowest BCUT2D eigenvalue weighted by Crippen LogP contribution is -2.50.